The first-order valence-electron chi connectivity index (χ1n) is 6.63. The van der Waals surface area contributed by atoms with Crippen LogP contribution in [0.15, 0.2) is 24.3 Å². The van der Waals surface area contributed by atoms with E-state index in [2.05, 4.69) is 31.2 Å². The molecule has 18 heavy (non-hydrogen) atoms. The molecule has 5 rings (SSSR count). The van der Waals surface area contributed by atoms with E-state index >= 15 is 0 Å². The maximum atomic E-state index is 12.8. The summed E-state index contributed by atoms with van der Waals surface area (Å²) in [4.78, 5) is 14.8. The van der Waals surface area contributed by atoms with E-state index in [1.165, 1.54) is 23.3 Å². The second kappa shape index (κ2) is 3.13. The summed E-state index contributed by atoms with van der Waals surface area (Å²) < 4.78 is 0. The van der Waals surface area contributed by atoms with Crippen LogP contribution in [0.4, 0.5) is 0 Å². The van der Waals surface area contributed by atoms with E-state index in [1.807, 2.05) is 23.7 Å². The van der Waals surface area contributed by atoms with Gasteiger partial charge in [0.15, 0.2) is 0 Å². The fourth-order valence-electron chi connectivity index (χ4n) is 4.10. The molecule has 0 unspecified atom stereocenters. The van der Waals surface area contributed by atoms with Crippen LogP contribution in [-0.4, -0.2) is 23.6 Å². The van der Waals surface area contributed by atoms with Crippen LogP contribution in [0.25, 0.3) is 0 Å². The summed E-state index contributed by atoms with van der Waals surface area (Å²) in [6.07, 6.45) is 2.18. The minimum Gasteiger partial charge on any atom is -0.326 e. The van der Waals surface area contributed by atoms with Crippen LogP contribution >= 0.6 is 11.8 Å². The van der Waals surface area contributed by atoms with E-state index in [9.17, 15) is 4.79 Å². The van der Waals surface area contributed by atoms with Gasteiger partial charge in [0.05, 0.1) is 5.41 Å². The maximum absolute atomic E-state index is 12.8. The molecule has 2 nitrogen and oxygen atoms in total. The molecule has 3 heteroatoms. The predicted molar refractivity (Wildman–Crippen MR) is 73.4 cm³/mol. The lowest BCUT2D eigenvalue weighted by Crippen LogP contribution is -2.61. The van der Waals surface area contributed by atoms with Crippen LogP contribution in [0.5, 0.6) is 0 Å². The van der Waals surface area contributed by atoms with Crippen LogP contribution in [0.1, 0.15) is 30.9 Å². The Morgan fingerprint density at radius 3 is 2.72 bits per heavy atom. The molecule has 1 aromatic rings. The average molecular weight is 259 g/mol. The number of benzene rings is 1. The van der Waals surface area contributed by atoms with Gasteiger partial charge in [-0.2, -0.15) is 0 Å². The molecule has 1 spiro atoms. The van der Waals surface area contributed by atoms with Gasteiger partial charge in [-0.3, -0.25) is 4.79 Å². The minimum atomic E-state index is -0.297. The zero-order valence-corrected chi connectivity index (χ0v) is 11.6. The molecule has 3 heterocycles. The number of hydrogen-bond donors (Lipinski definition) is 0. The summed E-state index contributed by atoms with van der Waals surface area (Å²) in [5.41, 5.74) is 2.38. The van der Waals surface area contributed by atoms with Gasteiger partial charge in [0, 0.05) is 18.7 Å². The minimum absolute atomic E-state index is 0.0519. The van der Waals surface area contributed by atoms with Crippen molar-refractivity contribution in [2.75, 3.05) is 12.8 Å². The molecule has 0 N–H and O–H groups in total. The first-order chi connectivity index (χ1) is 8.60. The monoisotopic (exact) mass is 259 g/mol. The lowest BCUT2D eigenvalue weighted by molar-refractivity contribution is -0.140. The number of amides is 1. The van der Waals surface area contributed by atoms with E-state index in [1.54, 1.807) is 0 Å². The quantitative estimate of drug-likeness (QED) is 0.714. The van der Waals surface area contributed by atoms with Gasteiger partial charge in [-0.15, -0.1) is 11.8 Å². The Balaban J connectivity index is 2.08. The first kappa shape index (κ1) is 10.9. The highest BCUT2D eigenvalue weighted by molar-refractivity contribution is 8.01. The van der Waals surface area contributed by atoms with E-state index in [4.69, 9.17) is 0 Å². The Hall–Kier alpha value is -0.960. The molecular formula is C15H17NOS. The second-order valence-corrected chi connectivity index (χ2v) is 7.23. The Kier molecular flexibility index (Phi) is 1.90. The van der Waals surface area contributed by atoms with Crippen LogP contribution < -0.4 is 0 Å². The molecule has 2 fully saturated rings. The number of fused-ring (bicyclic) bond motifs is 2. The maximum Gasteiger partial charge on any atom is 0.234 e. The van der Waals surface area contributed by atoms with Crippen LogP contribution in [0, 0.1) is 5.92 Å². The van der Waals surface area contributed by atoms with Gasteiger partial charge in [0.1, 0.15) is 4.87 Å². The average Bonchev–Trinajstić information content (AvgIpc) is 2.45. The first-order valence-corrected chi connectivity index (χ1v) is 7.61. The van der Waals surface area contributed by atoms with E-state index in [-0.39, 0.29) is 10.3 Å². The van der Waals surface area contributed by atoms with Crippen molar-refractivity contribution in [2.24, 2.45) is 5.92 Å². The summed E-state index contributed by atoms with van der Waals surface area (Å²) in [5.74, 6) is 2.15. The van der Waals surface area contributed by atoms with Gasteiger partial charge in [0.2, 0.25) is 5.91 Å². The molecule has 1 aromatic carbocycles. The largest absolute Gasteiger partial charge is 0.326 e. The van der Waals surface area contributed by atoms with Crippen molar-refractivity contribution in [3.63, 3.8) is 0 Å². The number of thioether (sulfide) groups is 1. The van der Waals surface area contributed by atoms with Crippen molar-refractivity contribution in [3.8, 4) is 0 Å². The van der Waals surface area contributed by atoms with Gasteiger partial charge >= 0.3 is 0 Å². The van der Waals surface area contributed by atoms with Crippen molar-refractivity contribution in [2.45, 2.75) is 30.1 Å². The zero-order chi connectivity index (χ0) is 12.5. The van der Waals surface area contributed by atoms with Crippen molar-refractivity contribution in [3.05, 3.63) is 35.4 Å². The molecule has 3 atom stereocenters. The normalized spacial score (nSPS) is 40.9. The van der Waals surface area contributed by atoms with Gasteiger partial charge in [-0.25, -0.2) is 0 Å². The highest BCUT2D eigenvalue weighted by atomic mass is 32.2. The molecule has 0 radical (unpaired) electrons. The molecule has 4 aliphatic rings. The zero-order valence-electron chi connectivity index (χ0n) is 10.8. The van der Waals surface area contributed by atoms with E-state index in [0.29, 0.717) is 11.8 Å². The molecule has 1 aliphatic carbocycles. The van der Waals surface area contributed by atoms with Crippen LogP contribution in [0.3, 0.4) is 0 Å². The molecule has 0 saturated carbocycles. The highest BCUT2D eigenvalue weighted by Gasteiger charge is 2.63. The van der Waals surface area contributed by atoms with Crippen LogP contribution in [-0.2, 0) is 15.1 Å². The number of likely N-dealkylation sites (N-methyl/N-ethyl adjacent to an activating group) is 1. The lowest BCUT2D eigenvalue weighted by Gasteiger charge is -2.57. The topological polar surface area (TPSA) is 20.3 Å². The Bertz CT molecular complexity index is 557. The van der Waals surface area contributed by atoms with Crippen LogP contribution in [0.2, 0.25) is 0 Å². The fraction of sp³-hybridized carbons (Fsp3) is 0.533. The number of nitrogens with zero attached hydrogens (tertiary/aromatic N) is 1. The van der Waals surface area contributed by atoms with Gasteiger partial charge in [-0.1, -0.05) is 24.3 Å². The van der Waals surface area contributed by atoms with Gasteiger partial charge in [0.25, 0.3) is 0 Å². The summed E-state index contributed by atoms with van der Waals surface area (Å²) >= 11 is 1.95. The summed E-state index contributed by atoms with van der Waals surface area (Å²) in [7, 11) is 2.00. The van der Waals surface area contributed by atoms with Crippen molar-refractivity contribution in [1.29, 1.82) is 0 Å². The third-order valence-electron chi connectivity index (χ3n) is 5.23. The number of rotatable bonds is 0. The number of hydrogen-bond acceptors (Lipinski definition) is 2. The van der Waals surface area contributed by atoms with Crippen molar-refractivity contribution < 1.29 is 4.79 Å². The highest BCUT2D eigenvalue weighted by Crippen LogP contribution is 2.65. The van der Waals surface area contributed by atoms with Crippen molar-refractivity contribution >= 4 is 17.7 Å². The van der Waals surface area contributed by atoms with Crippen molar-refractivity contribution in [1.82, 2.24) is 4.90 Å². The molecule has 1 amide bonds. The number of carbonyl (C=O) groups is 1. The lowest BCUT2D eigenvalue weighted by atomic mass is 9.73. The number of carbonyl (C=O) groups excluding carboxylic acids is 1. The second-order valence-electron chi connectivity index (χ2n) is 5.98. The van der Waals surface area contributed by atoms with Gasteiger partial charge in [-0.05, 0) is 30.9 Å². The molecular weight excluding hydrogens is 242 g/mol. The smallest absolute Gasteiger partial charge is 0.234 e. The third kappa shape index (κ3) is 0.944. The fourth-order valence-corrected chi connectivity index (χ4v) is 5.72. The third-order valence-corrected chi connectivity index (χ3v) is 7.07. The summed E-state index contributed by atoms with van der Waals surface area (Å²) in [5, 5.41) is 0. The van der Waals surface area contributed by atoms with E-state index < -0.39 is 0 Å². The summed E-state index contributed by atoms with van der Waals surface area (Å²) in [6.45, 7) is 2.13. The molecule has 94 valence electrons. The van der Waals surface area contributed by atoms with E-state index in [0.717, 1.165) is 6.42 Å². The molecule has 0 aromatic heterocycles. The summed E-state index contributed by atoms with van der Waals surface area (Å²) in [6, 6.07) is 8.60. The Morgan fingerprint density at radius 2 is 2.06 bits per heavy atom. The molecule has 3 aliphatic heterocycles. The molecule has 2 bridgehead atoms. The molecule has 2 saturated heterocycles. The SMILES string of the molecule is CN1C(=O)[C@]2(C)CC[C@H]3CS[C@@]31c1ccccc12. The predicted octanol–water partition coefficient (Wildman–Crippen LogP) is 2.73. The Labute approximate surface area is 112 Å². The standard InChI is InChI=1S/C15H17NOS/c1-14-8-7-10-9-18-15(10,16(2)13(14)17)12-6-4-3-5-11(12)14/h3-6,10H,7-9H2,1-2H3/t10-,14+,15+/m0/s1. The van der Waals surface area contributed by atoms with Gasteiger partial charge < -0.3 is 4.90 Å². The Morgan fingerprint density at radius 1 is 1.33 bits per heavy atom.